The maximum absolute atomic E-state index is 9.68. The second-order valence-corrected chi connectivity index (χ2v) is 7.09. The Morgan fingerprint density at radius 1 is 1.16 bits per heavy atom. The second-order valence-electron chi connectivity index (χ2n) is 7.09. The van der Waals surface area contributed by atoms with Gasteiger partial charge in [-0.05, 0) is 18.2 Å². The zero-order chi connectivity index (χ0) is 21.2. The van der Waals surface area contributed by atoms with Crippen molar-refractivity contribution in [3.05, 3.63) is 42.5 Å². The van der Waals surface area contributed by atoms with Crippen LogP contribution in [0.25, 0.3) is 33.9 Å². The summed E-state index contributed by atoms with van der Waals surface area (Å²) < 4.78 is 11.4. The largest absolute Gasteiger partial charge is 0.489 e. The molecule has 1 aromatic carbocycles. The van der Waals surface area contributed by atoms with E-state index in [-0.39, 0.29) is 6.10 Å². The molecule has 1 fully saturated rings. The standard InChI is InChI=1S/C21H18N8O2/c22-8-13-7-12(1-2-16(13)31-14-3-5-30-6-4-14)18-19-21(26-11-25-18)29-20(28-19)15-9-24-10-17(23)27-15/h1-2,7,9-11,14H,3-6H2,(H2,23,27)(H,25,26,28,29). The molecule has 0 aliphatic carbocycles. The lowest BCUT2D eigenvalue weighted by Crippen LogP contribution is -2.26. The van der Waals surface area contributed by atoms with E-state index in [0.29, 0.717) is 58.7 Å². The van der Waals surface area contributed by atoms with E-state index in [1.54, 1.807) is 18.3 Å². The van der Waals surface area contributed by atoms with Crippen LogP contribution in [0.3, 0.4) is 0 Å². The lowest BCUT2D eigenvalue weighted by atomic mass is 10.1. The summed E-state index contributed by atoms with van der Waals surface area (Å²) in [5.74, 6) is 1.33. The van der Waals surface area contributed by atoms with E-state index in [1.165, 1.54) is 12.5 Å². The molecule has 0 amide bonds. The Kier molecular flexibility index (Phi) is 4.86. The van der Waals surface area contributed by atoms with Crippen LogP contribution in [0, 0.1) is 11.3 Å². The third-order valence-corrected chi connectivity index (χ3v) is 5.01. The Labute approximate surface area is 177 Å². The first-order valence-corrected chi connectivity index (χ1v) is 9.79. The number of imidazole rings is 1. The highest BCUT2D eigenvalue weighted by Gasteiger charge is 2.19. The number of aromatic amines is 1. The number of aromatic nitrogens is 6. The highest BCUT2D eigenvalue weighted by Crippen LogP contribution is 2.31. The van der Waals surface area contributed by atoms with Crippen molar-refractivity contribution in [3.63, 3.8) is 0 Å². The lowest BCUT2D eigenvalue weighted by molar-refractivity contribution is 0.0254. The van der Waals surface area contributed by atoms with Gasteiger partial charge in [0.05, 0.1) is 31.2 Å². The fourth-order valence-electron chi connectivity index (χ4n) is 3.50. The number of hydrogen-bond donors (Lipinski definition) is 2. The zero-order valence-corrected chi connectivity index (χ0v) is 16.4. The molecular formula is C21H18N8O2. The number of H-pyrrole nitrogens is 1. The van der Waals surface area contributed by atoms with E-state index in [1.807, 2.05) is 6.07 Å². The van der Waals surface area contributed by atoms with Crippen LogP contribution in [0.15, 0.2) is 36.9 Å². The highest BCUT2D eigenvalue weighted by molar-refractivity contribution is 5.89. The number of ether oxygens (including phenoxy) is 2. The van der Waals surface area contributed by atoms with E-state index in [2.05, 4.69) is 36.0 Å². The van der Waals surface area contributed by atoms with Gasteiger partial charge in [-0.15, -0.1) is 0 Å². The third kappa shape index (κ3) is 3.74. The topological polar surface area (TPSA) is 149 Å². The molecule has 31 heavy (non-hydrogen) atoms. The van der Waals surface area contributed by atoms with Crippen LogP contribution in [-0.2, 0) is 4.74 Å². The Morgan fingerprint density at radius 2 is 2.03 bits per heavy atom. The molecular weight excluding hydrogens is 396 g/mol. The second kappa shape index (κ2) is 7.97. The van der Waals surface area contributed by atoms with Crippen molar-refractivity contribution in [1.82, 2.24) is 29.9 Å². The third-order valence-electron chi connectivity index (χ3n) is 5.01. The Morgan fingerprint density at radius 3 is 2.84 bits per heavy atom. The number of nitrogens with two attached hydrogens (primary N) is 1. The van der Waals surface area contributed by atoms with Gasteiger partial charge in [0.25, 0.3) is 0 Å². The predicted molar refractivity (Wildman–Crippen MR) is 112 cm³/mol. The number of nitrogen functional groups attached to an aromatic ring is 1. The van der Waals surface area contributed by atoms with Crippen molar-refractivity contribution >= 4 is 17.0 Å². The summed E-state index contributed by atoms with van der Waals surface area (Å²) in [4.78, 5) is 24.7. The number of nitrogens with zero attached hydrogens (tertiary/aromatic N) is 6. The first-order valence-electron chi connectivity index (χ1n) is 9.79. The summed E-state index contributed by atoms with van der Waals surface area (Å²) in [6.07, 6.45) is 6.14. The molecule has 3 N–H and O–H groups in total. The molecule has 0 saturated carbocycles. The molecule has 0 radical (unpaired) electrons. The van der Waals surface area contributed by atoms with Crippen LogP contribution in [0.2, 0.25) is 0 Å². The molecule has 3 aromatic heterocycles. The van der Waals surface area contributed by atoms with Crippen molar-refractivity contribution in [2.45, 2.75) is 18.9 Å². The number of fused-ring (bicyclic) bond motifs is 1. The van der Waals surface area contributed by atoms with E-state index < -0.39 is 0 Å². The van der Waals surface area contributed by atoms with E-state index in [4.69, 9.17) is 15.2 Å². The van der Waals surface area contributed by atoms with Gasteiger partial charge in [-0.2, -0.15) is 5.26 Å². The van der Waals surface area contributed by atoms with Crippen LogP contribution in [0.5, 0.6) is 5.75 Å². The van der Waals surface area contributed by atoms with E-state index in [9.17, 15) is 5.26 Å². The Balaban J connectivity index is 1.52. The fraction of sp³-hybridized carbons (Fsp3) is 0.238. The van der Waals surface area contributed by atoms with Gasteiger partial charge in [0.1, 0.15) is 47.0 Å². The van der Waals surface area contributed by atoms with E-state index >= 15 is 0 Å². The number of anilines is 1. The molecule has 0 atom stereocenters. The number of rotatable bonds is 4. The minimum absolute atomic E-state index is 0.0470. The van der Waals surface area contributed by atoms with Crippen LogP contribution < -0.4 is 10.5 Å². The normalized spacial score (nSPS) is 14.4. The van der Waals surface area contributed by atoms with Crippen LogP contribution in [0.4, 0.5) is 5.82 Å². The Bertz CT molecular complexity index is 1290. The summed E-state index contributed by atoms with van der Waals surface area (Å²) in [6, 6.07) is 7.64. The number of nitriles is 1. The average Bonchev–Trinajstić information content (AvgIpc) is 3.25. The number of benzene rings is 1. The van der Waals surface area contributed by atoms with Gasteiger partial charge in [-0.3, -0.25) is 4.98 Å². The van der Waals surface area contributed by atoms with Gasteiger partial charge in [-0.1, -0.05) is 0 Å². The molecule has 0 spiro atoms. The minimum atomic E-state index is 0.0470. The molecule has 1 saturated heterocycles. The van der Waals surface area contributed by atoms with Crippen molar-refractivity contribution in [3.8, 4) is 34.6 Å². The van der Waals surface area contributed by atoms with Crippen LogP contribution in [0.1, 0.15) is 18.4 Å². The van der Waals surface area contributed by atoms with Crippen LogP contribution >= 0.6 is 0 Å². The monoisotopic (exact) mass is 414 g/mol. The molecule has 4 aromatic rings. The van der Waals surface area contributed by atoms with E-state index in [0.717, 1.165) is 18.4 Å². The molecule has 0 unspecified atom stereocenters. The molecule has 1 aliphatic heterocycles. The molecule has 10 nitrogen and oxygen atoms in total. The SMILES string of the molecule is N#Cc1cc(-c2ncnc3[nH]c(-c4cncc(N)n4)nc23)ccc1OC1CCOCC1. The average molecular weight is 414 g/mol. The maximum atomic E-state index is 9.68. The van der Waals surface area contributed by atoms with Crippen molar-refractivity contribution < 1.29 is 9.47 Å². The van der Waals surface area contributed by atoms with Crippen molar-refractivity contribution in [1.29, 1.82) is 5.26 Å². The fourth-order valence-corrected chi connectivity index (χ4v) is 3.50. The molecule has 1 aliphatic rings. The minimum Gasteiger partial charge on any atom is -0.489 e. The smallest absolute Gasteiger partial charge is 0.161 e. The molecule has 0 bridgehead atoms. The van der Waals surface area contributed by atoms with Gasteiger partial charge in [0, 0.05) is 18.4 Å². The summed E-state index contributed by atoms with van der Waals surface area (Å²) >= 11 is 0. The van der Waals surface area contributed by atoms with Gasteiger partial charge in [-0.25, -0.2) is 19.9 Å². The van der Waals surface area contributed by atoms with Crippen molar-refractivity contribution in [2.24, 2.45) is 0 Å². The Hall–Kier alpha value is -4.10. The summed E-state index contributed by atoms with van der Waals surface area (Å²) in [5, 5.41) is 9.68. The number of hydrogen-bond acceptors (Lipinski definition) is 9. The van der Waals surface area contributed by atoms with Gasteiger partial charge in [0.15, 0.2) is 11.5 Å². The predicted octanol–water partition coefficient (Wildman–Crippen LogP) is 2.49. The quantitative estimate of drug-likeness (QED) is 0.513. The highest BCUT2D eigenvalue weighted by atomic mass is 16.5. The molecule has 10 heteroatoms. The van der Waals surface area contributed by atoms with Crippen LogP contribution in [-0.4, -0.2) is 49.2 Å². The van der Waals surface area contributed by atoms with Gasteiger partial charge < -0.3 is 20.2 Å². The van der Waals surface area contributed by atoms with Gasteiger partial charge in [0.2, 0.25) is 0 Å². The molecule has 4 heterocycles. The molecule has 5 rings (SSSR count). The summed E-state index contributed by atoms with van der Waals surface area (Å²) in [5.41, 5.74) is 9.11. The summed E-state index contributed by atoms with van der Waals surface area (Å²) in [7, 11) is 0. The maximum Gasteiger partial charge on any atom is 0.161 e. The first-order chi connectivity index (χ1) is 15.2. The zero-order valence-electron chi connectivity index (χ0n) is 16.4. The summed E-state index contributed by atoms with van der Waals surface area (Å²) in [6.45, 7) is 1.34. The van der Waals surface area contributed by atoms with Gasteiger partial charge >= 0.3 is 0 Å². The molecule has 154 valence electrons. The van der Waals surface area contributed by atoms with Crippen molar-refractivity contribution in [2.75, 3.05) is 18.9 Å². The number of nitrogens with one attached hydrogen (secondary N) is 1. The first kappa shape index (κ1) is 18.9. The lowest BCUT2D eigenvalue weighted by Gasteiger charge is -2.23.